The van der Waals surface area contributed by atoms with Gasteiger partial charge in [-0.05, 0) is 36.2 Å². The molecule has 2 aromatic carbocycles. The van der Waals surface area contributed by atoms with Gasteiger partial charge in [-0.25, -0.2) is 4.39 Å². The Morgan fingerprint density at radius 3 is 2.62 bits per heavy atom. The van der Waals surface area contributed by atoms with Crippen molar-refractivity contribution in [3.8, 4) is 11.8 Å². The van der Waals surface area contributed by atoms with Gasteiger partial charge in [-0.15, -0.1) is 0 Å². The van der Waals surface area contributed by atoms with Crippen LogP contribution in [0.1, 0.15) is 19.4 Å². The lowest BCUT2D eigenvalue weighted by molar-refractivity contribution is -0.124. The van der Waals surface area contributed by atoms with Gasteiger partial charge in [0.1, 0.15) is 17.6 Å². The minimum atomic E-state index is -0.816. The molecule has 2 rings (SSSR count). The van der Waals surface area contributed by atoms with Crippen LogP contribution in [0.2, 0.25) is 5.02 Å². The van der Waals surface area contributed by atoms with Crippen molar-refractivity contribution in [2.45, 2.75) is 20.0 Å². The Bertz CT molecular complexity index is 787. The fourth-order valence-electron chi connectivity index (χ4n) is 2.08. The molecule has 4 nitrogen and oxygen atoms in total. The van der Waals surface area contributed by atoms with Gasteiger partial charge in [-0.1, -0.05) is 37.6 Å². The summed E-state index contributed by atoms with van der Waals surface area (Å²) in [4.78, 5) is 12.5. The molecule has 0 spiro atoms. The maximum atomic E-state index is 13.2. The summed E-state index contributed by atoms with van der Waals surface area (Å²) >= 11 is 5.72. The highest BCUT2D eigenvalue weighted by Crippen LogP contribution is 2.23. The molecule has 0 radical (unpaired) electrons. The molecule has 0 aliphatic carbocycles. The zero-order valence-corrected chi connectivity index (χ0v) is 14.0. The fourth-order valence-corrected chi connectivity index (χ4v) is 2.26. The Morgan fingerprint density at radius 2 is 2.00 bits per heavy atom. The van der Waals surface area contributed by atoms with E-state index < -0.39 is 17.8 Å². The molecule has 0 bridgehead atoms. The molecule has 1 amide bonds. The lowest BCUT2D eigenvalue weighted by Gasteiger charge is -2.22. The molecule has 6 heteroatoms. The number of rotatable bonds is 5. The zero-order valence-electron chi connectivity index (χ0n) is 13.2. The summed E-state index contributed by atoms with van der Waals surface area (Å²) in [5.41, 5.74) is 0.718. The van der Waals surface area contributed by atoms with Crippen LogP contribution in [0.5, 0.6) is 5.75 Å². The van der Waals surface area contributed by atoms with Crippen molar-refractivity contribution in [3.63, 3.8) is 0 Å². The van der Waals surface area contributed by atoms with Crippen molar-refractivity contribution in [2.75, 3.05) is 5.32 Å². The minimum Gasteiger partial charge on any atom is -0.479 e. The van der Waals surface area contributed by atoms with E-state index >= 15 is 0 Å². The Morgan fingerprint density at radius 1 is 1.29 bits per heavy atom. The van der Waals surface area contributed by atoms with E-state index in [2.05, 4.69) is 5.32 Å². The van der Waals surface area contributed by atoms with Gasteiger partial charge in [-0.3, -0.25) is 4.79 Å². The van der Waals surface area contributed by atoms with Gasteiger partial charge < -0.3 is 10.1 Å². The van der Waals surface area contributed by atoms with Crippen molar-refractivity contribution in [3.05, 3.63) is 58.9 Å². The number of nitrogens with zero attached hydrogens (tertiary/aromatic N) is 1. The quantitative estimate of drug-likeness (QED) is 0.873. The number of amides is 1. The van der Waals surface area contributed by atoms with E-state index in [1.54, 1.807) is 24.3 Å². The standard InChI is InChI=1S/C18H16ClFN2O2/c1-11(2)17(24-16-6-4-3-5-12(16)10-21)18(23)22-13-7-8-15(20)14(19)9-13/h3-9,11,17H,1-2H3,(H,22,23). The van der Waals surface area contributed by atoms with Crippen LogP contribution < -0.4 is 10.1 Å². The second-order valence-electron chi connectivity index (χ2n) is 5.51. The normalized spacial score (nSPS) is 11.7. The van der Waals surface area contributed by atoms with Crippen LogP contribution in [0.25, 0.3) is 0 Å². The van der Waals surface area contributed by atoms with Gasteiger partial charge in [0.05, 0.1) is 10.6 Å². The van der Waals surface area contributed by atoms with E-state index in [1.165, 1.54) is 18.2 Å². The molecule has 1 atom stereocenters. The highest BCUT2D eigenvalue weighted by atomic mass is 35.5. The third kappa shape index (κ3) is 4.24. The molecule has 24 heavy (non-hydrogen) atoms. The maximum Gasteiger partial charge on any atom is 0.265 e. The van der Waals surface area contributed by atoms with Crippen LogP contribution in [-0.4, -0.2) is 12.0 Å². The molecule has 124 valence electrons. The van der Waals surface area contributed by atoms with Gasteiger partial charge in [0.15, 0.2) is 6.10 Å². The molecule has 1 N–H and O–H groups in total. The number of nitriles is 1. The first-order chi connectivity index (χ1) is 11.4. The number of hydrogen-bond donors (Lipinski definition) is 1. The molecule has 0 heterocycles. The highest BCUT2D eigenvalue weighted by Gasteiger charge is 2.25. The Kier molecular flexibility index (Phi) is 5.78. The Hall–Kier alpha value is -2.58. The number of para-hydroxylation sites is 1. The van der Waals surface area contributed by atoms with Crippen molar-refractivity contribution in [1.29, 1.82) is 5.26 Å². The fraction of sp³-hybridized carbons (Fsp3) is 0.222. The van der Waals surface area contributed by atoms with E-state index in [0.29, 0.717) is 17.0 Å². The van der Waals surface area contributed by atoms with Gasteiger partial charge in [0.2, 0.25) is 0 Å². The third-order valence-corrected chi connectivity index (χ3v) is 3.60. The number of ether oxygens (including phenoxy) is 1. The summed E-state index contributed by atoms with van der Waals surface area (Å²) in [7, 11) is 0. The van der Waals surface area contributed by atoms with Crippen molar-refractivity contribution >= 4 is 23.2 Å². The second kappa shape index (κ2) is 7.80. The molecule has 2 aromatic rings. The average Bonchev–Trinajstić information content (AvgIpc) is 2.56. The van der Waals surface area contributed by atoms with E-state index in [-0.39, 0.29) is 10.9 Å². The van der Waals surface area contributed by atoms with Gasteiger partial charge in [0, 0.05) is 5.69 Å². The van der Waals surface area contributed by atoms with E-state index in [1.807, 2.05) is 19.9 Å². The number of carbonyl (C=O) groups excluding carboxylic acids is 1. The van der Waals surface area contributed by atoms with Crippen molar-refractivity contribution in [1.82, 2.24) is 0 Å². The summed E-state index contributed by atoms with van der Waals surface area (Å²) in [6.45, 7) is 3.66. The number of anilines is 1. The van der Waals surface area contributed by atoms with Crippen LogP contribution in [-0.2, 0) is 4.79 Å². The van der Waals surface area contributed by atoms with E-state index in [0.717, 1.165) is 0 Å². The molecule has 0 aromatic heterocycles. The molecule has 0 fully saturated rings. The smallest absolute Gasteiger partial charge is 0.265 e. The van der Waals surface area contributed by atoms with Crippen molar-refractivity contribution in [2.24, 2.45) is 5.92 Å². The first kappa shape index (κ1) is 17.8. The summed E-state index contributed by atoms with van der Waals surface area (Å²) in [5.74, 6) is -0.770. The van der Waals surface area contributed by atoms with Gasteiger partial charge >= 0.3 is 0 Å². The number of carbonyl (C=O) groups is 1. The number of benzene rings is 2. The molecule has 0 aliphatic rings. The zero-order chi connectivity index (χ0) is 17.7. The van der Waals surface area contributed by atoms with E-state index in [9.17, 15) is 9.18 Å². The minimum absolute atomic E-state index is 0.0790. The molecular weight excluding hydrogens is 331 g/mol. The van der Waals surface area contributed by atoms with Gasteiger partial charge in [0.25, 0.3) is 5.91 Å². The molecule has 0 aliphatic heterocycles. The maximum absolute atomic E-state index is 13.2. The summed E-state index contributed by atoms with van der Waals surface area (Å²) < 4.78 is 18.9. The number of halogens is 2. The Balaban J connectivity index is 2.19. The SMILES string of the molecule is CC(C)C(Oc1ccccc1C#N)C(=O)Nc1ccc(F)c(Cl)c1. The van der Waals surface area contributed by atoms with Crippen LogP contribution >= 0.6 is 11.6 Å². The second-order valence-corrected chi connectivity index (χ2v) is 5.92. The summed E-state index contributed by atoms with van der Waals surface area (Å²) in [5, 5.41) is 11.7. The van der Waals surface area contributed by atoms with Crippen LogP contribution in [0.3, 0.4) is 0 Å². The molecular formula is C18H16ClFN2O2. The first-order valence-electron chi connectivity index (χ1n) is 7.34. The van der Waals surface area contributed by atoms with Crippen molar-refractivity contribution < 1.29 is 13.9 Å². The predicted molar refractivity (Wildman–Crippen MR) is 90.5 cm³/mol. The third-order valence-electron chi connectivity index (χ3n) is 3.31. The number of hydrogen-bond acceptors (Lipinski definition) is 3. The lowest BCUT2D eigenvalue weighted by Crippen LogP contribution is -2.37. The van der Waals surface area contributed by atoms with Crippen LogP contribution in [0.4, 0.5) is 10.1 Å². The lowest BCUT2D eigenvalue weighted by atomic mass is 10.1. The topological polar surface area (TPSA) is 62.1 Å². The van der Waals surface area contributed by atoms with E-state index in [4.69, 9.17) is 21.6 Å². The summed E-state index contributed by atoms with van der Waals surface area (Å²) in [6.07, 6.45) is -0.816. The first-order valence-corrected chi connectivity index (χ1v) is 7.72. The monoisotopic (exact) mass is 346 g/mol. The molecule has 0 saturated carbocycles. The number of nitrogens with one attached hydrogen (secondary N) is 1. The van der Waals surface area contributed by atoms with Crippen LogP contribution in [0.15, 0.2) is 42.5 Å². The van der Waals surface area contributed by atoms with Gasteiger partial charge in [-0.2, -0.15) is 5.26 Å². The predicted octanol–water partition coefficient (Wildman–Crippen LogP) is 4.39. The average molecular weight is 347 g/mol. The molecule has 1 unspecified atom stereocenters. The highest BCUT2D eigenvalue weighted by molar-refractivity contribution is 6.31. The summed E-state index contributed by atoms with van der Waals surface area (Å²) in [6, 6.07) is 12.6. The molecule has 0 saturated heterocycles. The van der Waals surface area contributed by atoms with Crippen LogP contribution in [0, 0.1) is 23.1 Å². The Labute approximate surface area is 144 Å². The largest absolute Gasteiger partial charge is 0.479 e.